The van der Waals surface area contributed by atoms with Gasteiger partial charge in [0.1, 0.15) is 11.5 Å². The second kappa shape index (κ2) is 9.37. The van der Waals surface area contributed by atoms with Gasteiger partial charge in [-0.15, -0.1) is 6.58 Å². The molecule has 19 heavy (non-hydrogen) atoms. The molecule has 0 atom stereocenters. The van der Waals surface area contributed by atoms with Crippen LogP contribution in [0.2, 0.25) is 0 Å². The number of unbranched alkanes of at least 4 members (excludes halogenated alkanes) is 3. The highest BCUT2D eigenvalue weighted by Gasteiger charge is 1.98. The quantitative estimate of drug-likeness (QED) is 0.462. The largest absolute Gasteiger partial charge is 0.494 e. The first kappa shape index (κ1) is 15.5. The third-order valence-corrected chi connectivity index (χ3v) is 3.01. The van der Waals surface area contributed by atoms with Crippen LogP contribution in [0.5, 0.6) is 5.75 Å². The van der Waals surface area contributed by atoms with Crippen molar-refractivity contribution in [2.45, 2.75) is 45.4 Å². The molecule has 104 valence electrons. The maximum Gasteiger partial charge on any atom is 0.130 e. The Balaban J connectivity index is 2.20. The molecule has 0 fully saturated rings. The first-order valence-electron chi connectivity index (χ1n) is 7.04. The highest BCUT2D eigenvalue weighted by Crippen LogP contribution is 2.14. The third kappa shape index (κ3) is 7.45. The molecule has 0 aliphatic rings. The Morgan fingerprint density at radius 3 is 2.58 bits per heavy atom. The molecule has 1 aromatic carbocycles. The lowest BCUT2D eigenvalue weighted by Crippen LogP contribution is -1.98. The molecule has 1 rings (SSSR count). The Hall–Kier alpha value is -1.57. The van der Waals surface area contributed by atoms with Crippen molar-refractivity contribution in [3.8, 4) is 5.75 Å². The van der Waals surface area contributed by atoms with Gasteiger partial charge in [0.05, 0.1) is 6.61 Å². The summed E-state index contributed by atoms with van der Waals surface area (Å²) in [6, 6.07) is 8.05. The van der Waals surface area contributed by atoms with Crippen LogP contribution in [0.15, 0.2) is 36.9 Å². The number of ketones is 1. The van der Waals surface area contributed by atoms with Gasteiger partial charge in [-0.25, -0.2) is 0 Å². The highest BCUT2D eigenvalue weighted by atomic mass is 16.5. The van der Waals surface area contributed by atoms with Gasteiger partial charge in [0, 0.05) is 6.42 Å². The first-order valence-corrected chi connectivity index (χ1v) is 7.04. The number of Topliss-reactive ketones (excluding diaryl/α,β-unsaturated/α-hetero) is 1. The summed E-state index contributed by atoms with van der Waals surface area (Å²) >= 11 is 0. The molecule has 0 heterocycles. The molecule has 0 unspecified atom stereocenters. The van der Waals surface area contributed by atoms with Crippen molar-refractivity contribution >= 4 is 5.78 Å². The second-order valence-corrected chi connectivity index (χ2v) is 4.83. The summed E-state index contributed by atoms with van der Waals surface area (Å²) in [7, 11) is 0. The number of hydrogen-bond donors (Lipinski definition) is 0. The fraction of sp³-hybridized carbons (Fsp3) is 0.471. The fourth-order valence-corrected chi connectivity index (χ4v) is 1.83. The van der Waals surface area contributed by atoms with Gasteiger partial charge in [-0.1, -0.05) is 18.2 Å². The molecule has 2 heteroatoms. The molecule has 0 bridgehead atoms. The van der Waals surface area contributed by atoms with Crippen molar-refractivity contribution in [3.05, 3.63) is 42.5 Å². The molecule has 0 aromatic heterocycles. The van der Waals surface area contributed by atoms with Crippen molar-refractivity contribution in [1.82, 2.24) is 0 Å². The number of aryl methyl sites for hydroxylation is 1. The maximum absolute atomic E-state index is 10.9. The van der Waals surface area contributed by atoms with Crippen molar-refractivity contribution < 1.29 is 9.53 Å². The van der Waals surface area contributed by atoms with Crippen LogP contribution in [0.1, 0.15) is 44.6 Å². The second-order valence-electron chi connectivity index (χ2n) is 4.83. The monoisotopic (exact) mass is 260 g/mol. The highest BCUT2D eigenvalue weighted by molar-refractivity contribution is 5.75. The predicted molar refractivity (Wildman–Crippen MR) is 79.6 cm³/mol. The molecule has 0 saturated carbocycles. The van der Waals surface area contributed by atoms with E-state index in [0.717, 1.165) is 31.6 Å². The average molecular weight is 260 g/mol. The fourth-order valence-electron chi connectivity index (χ4n) is 1.83. The van der Waals surface area contributed by atoms with E-state index in [1.54, 1.807) is 6.92 Å². The average Bonchev–Trinajstić information content (AvgIpc) is 2.41. The summed E-state index contributed by atoms with van der Waals surface area (Å²) in [5, 5.41) is 0. The van der Waals surface area contributed by atoms with Crippen molar-refractivity contribution in [3.63, 3.8) is 0 Å². The van der Waals surface area contributed by atoms with E-state index in [9.17, 15) is 4.79 Å². The SMILES string of the molecule is C=CCCCCCOc1ccc(CCC(C)=O)cc1. The Bertz CT molecular complexity index is 379. The molecule has 1 aromatic rings. The van der Waals surface area contributed by atoms with E-state index in [1.165, 1.54) is 18.4 Å². The van der Waals surface area contributed by atoms with Crippen LogP contribution < -0.4 is 4.74 Å². The Morgan fingerprint density at radius 1 is 1.21 bits per heavy atom. The zero-order valence-electron chi connectivity index (χ0n) is 11.9. The normalized spacial score (nSPS) is 10.2. The molecule has 0 radical (unpaired) electrons. The Kier molecular flexibility index (Phi) is 7.64. The maximum atomic E-state index is 10.9. The summed E-state index contributed by atoms with van der Waals surface area (Å²) in [6.07, 6.45) is 7.94. The predicted octanol–water partition coefficient (Wildman–Crippen LogP) is 4.33. The minimum Gasteiger partial charge on any atom is -0.494 e. The minimum absolute atomic E-state index is 0.236. The number of carbonyl (C=O) groups is 1. The van der Waals surface area contributed by atoms with Crippen molar-refractivity contribution in [2.24, 2.45) is 0 Å². The number of ether oxygens (including phenoxy) is 1. The van der Waals surface area contributed by atoms with Gasteiger partial charge in [-0.05, 0) is 56.7 Å². The van der Waals surface area contributed by atoms with E-state index in [1.807, 2.05) is 30.3 Å². The van der Waals surface area contributed by atoms with E-state index < -0.39 is 0 Å². The molecular formula is C17H24O2. The van der Waals surface area contributed by atoms with Gasteiger partial charge >= 0.3 is 0 Å². The van der Waals surface area contributed by atoms with Crippen LogP contribution in [0.4, 0.5) is 0 Å². The molecule has 0 N–H and O–H groups in total. The summed E-state index contributed by atoms with van der Waals surface area (Å²) in [6.45, 7) is 6.10. The number of benzene rings is 1. The third-order valence-electron chi connectivity index (χ3n) is 3.01. The lowest BCUT2D eigenvalue weighted by atomic mass is 10.1. The van der Waals surface area contributed by atoms with Gasteiger partial charge in [-0.2, -0.15) is 0 Å². The number of hydrogen-bond acceptors (Lipinski definition) is 2. The molecule has 0 aliphatic carbocycles. The lowest BCUT2D eigenvalue weighted by molar-refractivity contribution is -0.116. The summed E-state index contributed by atoms with van der Waals surface area (Å²) in [5.74, 6) is 1.15. The Labute approximate surface area is 116 Å². The first-order chi connectivity index (χ1) is 9.22. The van der Waals surface area contributed by atoms with Crippen LogP contribution >= 0.6 is 0 Å². The molecule has 0 aliphatic heterocycles. The van der Waals surface area contributed by atoms with Crippen LogP contribution in [-0.4, -0.2) is 12.4 Å². The molecular weight excluding hydrogens is 236 g/mol. The van der Waals surface area contributed by atoms with E-state index in [-0.39, 0.29) is 5.78 Å². The zero-order chi connectivity index (χ0) is 13.9. The van der Waals surface area contributed by atoms with E-state index >= 15 is 0 Å². The molecule has 2 nitrogen and oxygen atoms in total. The molecule has 0 amide bonds. The zero-order valence-corrected chi connectivity index (χ0v) is 11.9. The van der Waals surface area contributed by atoms with Crippen LogP contribution in [0.3, 0.4) is 0 Å². The van der Waals surface area contributed by atoms with E-state index in [4.69, 9.17) is 4.74 Å². The number of rotatable bonds is 10. The smallest absolute Gasteiger partial charge is 0.130 e. The summed E-state index contributed by atoms with van der Waals surface area (Å²) in [5.41, 5.74) is 1.19. The van der Waals surface area contributed by atoms with Crippen LogP contribution in [0.25, 0.3) is 0 Å². The van der Waals surface area contributed by atoms with Crippen molar-refractivity contribution in [1.29, 1.82) is 0 Å². The van der Waals surface area contributed by atoms with Gasteiger partial charge in [0.2, 0.25) is 0 Å². The number of carbonyl (C=O) groups excluding carboxylic acids is 1. The van der Waals surface area contributed by atoms with Gasteiger partial charge < -0.3 is 9.53 Å². The van der Waals surface area contributed by atoms with E-state index in [2.05, 4.69) is 6.58 Å². The van der Waals surface area contributed by atoms with Gasteiger partial charge in [-0.3, -0.25) is 0 Å². The van der Waals surface area contributed by atoms with Crippen LogP contribution in [0, 0.1) is 0 Å². The summed E-state index contributed by atoms with van der Waals surface area (Å²) < 4.78 is 5.67. The van der Waals surface area contributed by atoms with Crippen LogP contribution in [-0.2, 0) is 11.2 Å². The topological polar surface area (TPSA) is 26.3 Å². The number of allylic oxidation sites excluding steroid dienone is 1. The standard InChI is InChI=1S/C17H24O2/c1-3-4-5-6-7-14-19-17-12-10-16(11-13-17)9-8-15(2)18/h3,10-13H,1,4-9,14H2,2H3. The molecule has 0 spiro atoms. The summed E-state index contributed by atoms with van der Waals surface area (Å²) in [4.78, 5) is 10.9. The lowest BCUT2D eigenvalue weighted by Gasteiger charge is -2.07. The van der Waals surface area contributed by atoms with E-state index in [0.29, 0.717) is 6.42 Å². The minimum atomic E-state index is 0.236. The molecule has 0 saturated heterocycles. The Morgan fingerprint density at radius 2 is 1.95 bits per heavy atom. The van der Waals surface area contributed by atoms with Crippen molar-refractivity contribution in [2.75, 3.05) is 6.61 Å². The van der Waals surface area contributed by atoms with Gasteiger partial charge in [0.25, 0.3) is 0 Å². The van der Waals surface area contributed by atoms with Gasteiger partial charge in [0.15, 0.2) is 0 Å².